The van der Waals surface area contributed by atoms with E-state index in [-0.39, 0.29) is 44.6 Å². The number of carbonyl (C=O) groups is 3. The molecule has 1 aromatic carbocycles. The zero-order valence-corrected chi connectivity index (χ0v) is 39.5. The molecule has 4 heterocycles. The molecule has 0 radical (unpaired) electrons. The van der Waals surface area contributed by atoms with Crippen LogP contribution in [0.25, 0.3) is 6.08 Å². The molecule has 3 aliphatic heterocycles. The van der Waals surface area contributed by atoms with Gasteiger partial charge in [-0.05, 0) is 89.7 Å². The summed E-state index contributed by atoms with van der Waals surface area (Å²) in [6.45, 7) is 15.8. The zero-order valence-electron chi connectivity index (χ0n) is 39.5. The molecule has 352 valence electrons. The third-order valence-electron chi connectivity index (χ3n) is 13.1. The van der Waals surface area contributed by atoms with Crippen LogP contribution in [-0.2, 0) is 49.2 Å². The minimum atomic E-state index is -1.81. The van der Waals surface area contributed by atoms with E-state index in [0.717, 1.165) is 5.56 Å². The molecule has 14 nitrogen and oxygen atoms in total. The van der Waals surface area contributed by atoms with Crippen molar-refractivity contribution < 1.29 is 53.0 Å². The van der Waals surface area contributed by atoms with Crippen LogP contribution in [0.15, 0.2) is 77.6 Å². The lowest BCUT2D eigenvalue weighted by atomic mass is 9.73. The first-order valence-electron chi connectivity index (χ1n) is 22.7. The average Bonchev–Trinajstić information content (AvgIpc) is 3.26. The Balaban J connectivity index is 1.76. The number of amides is 1. The van der Waals surface area contributed by atoms with Crippen molar-refractivity contribution in [2.45, 2.75) is 148 Å². The summed E-state index contributed by atoms with van der Waals surface area (Å²) in [4.78, 5) is 52.3. The van der Waals surface area contributed by atoms with E-state index in [9.17, 15) is 24.6 Å². The molecule has 0 unspecified atom stereocenters. The summed E-state index contributed by atoms with van der Waals surface area (Å²) in [6, 6.07) is 13.0. The summed E-state index contributed by atoms with van der Waals surface area (Å²) >= 11 is 0. The number of nitrogens with zero attached hydrogens (tertiary/aromatic N) is 3. The minimum Gasteiger partial charge on any atom is -0.461 e. The highest BCUT2D eigenvalue weighted by atomic mass is 16.7. The van der Waals surface area contributed by atoms with E-state index < -0.39 is 89.5 Å². The number of pyridine rings is 1. The highest BCUT2D eigenvalue weighted by Crippen LogP contribution is 2.42. The van der Waals surface area contributed by atoms with Gasteiger partial charge >= 0.3 is 11.9 Å². The number of esters is 2. The normalized spacial score (nSPS) is 37.1. The quantitative estimate of drug-likeness (QED) is 0.274. The fraction of sp³-hybridized carbons (Fsp3) is 0.620. The maximum atomic E-state index is 14.6. The molecule has 2 N–H and O–H groups in total. The van der Waals surface area contributed by atoms with E-state index in [1.54, 1.807) is 45.3 Å². The van der Waals surface area contributed by atoms with Crippen molar-refractivity contribution in [3.8, 4) is 0 Å². The second kappa shape index (κ2) is 22.4. The molecule has 0 saturated carbocycles. The number of aliphatic imine (C=N–C) groups is 1. The average molecular weight is 890 g/mol. The number of benzene rings is 1. The molecule has 3 fully saturated rings. The van der Waals surface area contributed by atoms with Crippen molar-refractivity contribution >= 4 is 29.6 Å². The highest BCUT2D eigenvalue weighted by Gasteiger charge is 2.54. The number of carbonyl (C=O) groups excluding carboxylic acids is 3. The second-order valence-corrected chi connectivity index (χ2v) is 18.7. The van der Waals surface area contributed by atoms with Gasteiger partial charge in [0, 0.05) is 42.9 Å². The third-order valence-corrected chi connectivity index (χ3v) is 13.1. The molecule has 2 bridgehead atoms. The van der Waals surface area contributed by atoms with Crippen LogP contribution in [0, 0.1) is 23.7 Å². The number of likely N-dealkylation sites (N-methyl/N-ethyl adjacent to an activating group) is 1. The molecule has 14 atom stereocenters. The summed E-state index contributed by atoms with van der Waals surface area (Å²) in [7, 11) is 3.78. The Morgan fingerprint density at radius 2 is 1.75 bits per heavy atom. The van der Waals surface area contributed by atoms with Crippen LogP contribution in [0.1, 0.15) is 92.7 Å². The molecular weight excluding hydrogens is 819 g/mol. The van der Waals surface area contributed by atoms with E-state index in [0.29, 0.717) is 23.3 Å². The van der Waals surface area contributed by atoms with E-state index in [1.807, 2.05) is 102 Å². The Morgan fingerprint density at radius 3 is 2.39 bits per heavy atom. The van der Waals surface area contributed by atoms with E-state index in [4.69, 9.17) is 28.4 Å². The minimum absolute atomic E-state index is 0.00891. The molecule has 2 aromatic rings. The smallest absolute Gasteiger partial charge is 0.312 e. The first-order chi connectivity index (χ1) is 30.2. The summed E-state index contributed by atoms with van der Waals surface area (Å²) in [6.07, 6.45) is 2.86. The summed E-state index contributed by atoms with van der Waals surface area (Å²) in [5.74, 6) is -4.85. The lowest BCUT2D eigenvalue weighted by molar-refractivity contribution is -0.303. The van der Waals surface area contributed by atoms with Gasteiger partial charge in [0.05, 0.1) is 49.5 Å². The van der Waals surface area contributed by atoms with Crippen molar-refractivity contribution in [1.82, 2.24) is 9.88 Å². The molecule has 1 aromatic heterocycles. The lowest BCUT2D eigenvalue weighted by Gasteiger charge is -2.49. The van der Waals surface area contributed by atoms with Crippen LogP contribution in [0.4, 0.5) is 0 Å². The number of ether oxygens (including phenoxy) is 6. The Bertz CT molecular complexity index is 1960. The Kier molecular flexibility index (Phi) is 17.8. The van der Waals surface area contributed by atoms with Gasteiger partial charge in [0.25, 0.3) is 0 Å². The number of rotatable bonds is 9. The van der Waals surface area contributed by atoms with Crippen LogP contribution in [0.3, 0.4) is 0 Å². The largest absolute Gasteiger partial charge is 0.461 e. The number of aromatic nitrogens is 1. The summed E-state index contributed by atoms with van der Waals surface area (Å²) in [5, 5.41) is 24.6. The second-order valence-electron chi connectivity index (χ2n) is 18.7. The maximum absolute atomic E-state index is 14.6. The van der Waals surface area contributed by atoms with Gasteiger partial charge in [0.2, 0.25) is 5.91 Å². The number of allylic oxidation sites excluding steroid dienone is 2. The molecule has 3 aliphatic rings. The van der Waals surface area contributed by atoms with Crippen LogP contribution < -0.4 is 0 Å². The van der Waals surface area contributed by atoms with E-state index in [2.05, 4.69) is 9.98 Å². The van der Waals surface area contributed by atoms with E-state index >= 15 is 0 Å². The number of aliphatic hydroxyl groups is 2. The Hall–Kier alpha value is -4.15. The summed E-state index contributed by atoms with van der Waals surface area (Å²) < 4.78 is 40.0. The van der Waals surface area contributed by atoms with Crippen LogP contribution in [0.2, 0.25) is 0 Å². The van der Waals surface area contributed by atoms with Crippen LogP contribution >= 0.6 is 0 Å². The fourth-order valence-electron chi connectivity index (χ4n) is 9.74. The number of hydrogen-bond donors (Lipinski definition) is 2. The number of hydrogen-bond acceptors (Lipinski definition) is 13. The topological polar surface area (TPSA) is 176 Å². The monoisotopic (exact) mass is 890 g/mol. The van der Waals surface area contributed by atoms with Gasteiger partial charge in [-0.25, -0.2) is 4.99 Å². The SMILES string of the molecule is CC[C@H]1OC(=O)[C@H](C)[C@@H](OC(=O)Cc2cccnc2)[C@H](C)[C@@H](O[C@@H]2O[C@H](C)C[C@H](N(C)C)[C@H]2O)[C@@]2(C)C[C@@H](C)C(=NC(C)=O)[C@H](C)[C@@H](OC/C(=C\C=C\c3ccccc3)CO2)[C@]1(C)O. The van der Waals surface area contributed by atoms with Crippen molar-refractivity contribution in [2.24, 2.45) is 28.7 Å². The van der Waals surface area contributed by atoms with Crippen molar-refractivity contribution in [3.05, 3.63) is 83.7 Å². The summed E-state index contributed by atoms with van der Waals surface area (Å²) in [5.41, 5.74) is -0.374. The molecule has 1 amide bonds. The van der Waals surface area contributed by atoms with Gasteiger partial charge in [0.15, 0.2) is 6.29 Å². The number of aliphatic hydroxyl groups excluding tert-OH is 1. The van der Waals surface area contributed by atoms with Crippen molar-refractivity contribution in [1.29, 1.82) is 0 Å². The maximum Gasteiger partial charge on any atom is 0.312 e. The van der Waals surface area contributed by atoms with E-state index in [1.165, 1.54) is 6.92 Å². The molecule has 0 aliphatic carbocycles. The zero-order chi connectivity index (χ0) is 46.9. The van der Waals surface area contributed by atoms with Gasteiger partial charge in [-0.3, -0.25) is 19.4 Å². The van der Waals surface area contributed by atoms with Gasteiger partial charge in [-0.15, -0.1) is 0 Å². The third kappa shape index (κ3) is 12.6. The van der Waals surface area contributed by atoms with Crippen molar-refractivity contribution in [2.75, 3.05) is 27.3 Å². The first kappa shape index (κ1) is 50.8. The lowest BCUT2D eigenvalue weighted by Crippen LogP contribution is -2.61. The fourth-order valence-corrected chi connectivity index (χ4v) is 9.74. The number of cyclic esters (lactones) is 1. The van der Waals surface area contributed by atoms with Crippen LogP contribution in [0.5, 0.6) is 0 Å². The molecule has 5 rings (SSSR count). The van der Waals surface area contributed by atoms with Gasteiger partial charge < -0.3 is 43.5 Å². The predicted octanol–water partition coefficient (Wildman–Crippen LogP) is 6.17. The molecular formula is C50H71N3O11. The Labute approximate surface area is 379 Å². The Morgan fingerprint density at radius 1 is 1.03 bits per heavy atom. The molecule has 3 saturated heterocycles. The van der Waals surface area contributed by atoms with Gasteiger partial charge in [-0.1, -0.05) is 82.3 Å². The van der Waals surface area contributed by atoms with Crippen LogP contribution in [-0.4, -0.2) is 131 Å². The molecule has 0 spiro atoms. The van der Waals surface area contributed by atoms with Gasteiger partial charge in [-0.2, -0.15) is 0 Å². The highest BCUT2D eigenvalue weighted by molar-refractivity contribution is 5.97. The predicted molar refractivity (Wildman–Crippen MR) is 243 cm³/mol. The first-order valence-corrected chi connectivity index (χ1v) is 22.7. The molecule has 14 heteroatoms. The molecule has 64 heavy (non-hydrogen) atoms. The number of fused-ring (bicyclic) bond motifs is 5. The van der Waals surface area contributed by atoms with Gasteiger partial charge in [0.1, 0.15) is 23.9 Å². The standard InChI is InChI=1S/C50H71N3O11/c1-12-40-50(9,58)46-32(4)42(52-35(7)54)30(2)26-49(8,60-29-38(28-59-46)21-16-20-36-18-14-13-15-19-36)45(64-48-43(56)39(53(10)11)24-31(3)61-48)33(5)44(34(6)47(57)62-40)63-41(55)25-37-22-17-23-51-27-37/h13-23,27,30-34,39-40,43-46,48,56,58H,12,24-26,28-29H2,1-11H3/b20-16+,38-21+,52-42?/t30-,31-,32+,33+,34-,39+,40-,43-,44+,45-,46-,48+,49-,50-/m1/s1. The van der Waals surface area contributed by atoms with Crippen molar-refractivity contribution in [3.63, 3.8) is 0 Å².